The Labute approximate surface area is 124 Å². The number of nitrogens with one attached hydrogen (secondary N) is 2. The Morgan fingerprint density at radius 1 is 1.15 bits per heavy atom. The summed E-state index contributed by atoms with van der Waals surface area (Å²) in [6, 6.07) is 9.88. The average molecular weight is 289 g/mol. The molecule has 0 bridgehead atoms. The van der Waals surface area contributed by atoms with E-state index in [1.807, 2.05) is 37.3 Å². The van der Waals surface area contributed by atoms with Crippen molar-refractivity contribution < 1.29 is 4.52 Å². The zero-order valence-electron chi connectivity index (χ0n) is 12.2. The molecule has 5 heteroatoms. The normalized spacial score (nSPS) is 11.2. The van der Waals surface area contributed by atoms with E-state index in [1.165, 1.54) is 5.56 Å². The van der Waals surface area contributed by atoms with E-state index in [-0.39, 0.29) is 5.41 Å². The van der Waals surface area contributed by atoms with Crippen LogP contribution in [-0.4, -0.2) is 10.3 Å². The summed E-state index contributed by atoms with van der Waals surface area (Å²) in [5.41, 5.74) is 2.08. The van der Waals surface area contributed by atoms with Crippen LogP contribution < -0.4 is 10.6 Å². The lowest BCUT2D eigenvalue weighted by atomic mass is 9.93. The lowest BCUT2D eigenvalue weighted by molar-refractivity contribution is 0.331. The van der Waals surface area contributed by atoms with Gasteiger partial charge in [0, 0.05) is 17.2 Å². The molecule has 0 saturated heterocycles. The second-order valence-corrected chi connectivity index (χ2v) is 6.18. The van der Waals surface area contributed by atoms with Gasteiger partial charge in [-0.05, 0) is 31.3 Å². The number of anilines is 2. The Morgan fingerprint density at radius 2 is 1.80 bits per heavy atom. The number of benzene rings is 1. The standard InChI is InChI=1S/C15H19N3OS/c1-10-5-7-11(8-6-10)16-14(20)17-13-9-12(19-18-13)15(2,3)4/h5-9H,1-4H3,(H2,16,17,18,20). The highest BCUT2D eigenvalue weighted by molar-refractivity contribution is 7.80. The van der Waals surface area contributed by atoms with Crippen molar-refractivity contribution in [2.45, 2.75) is 33.1 Å². The largest absolute Gasteiger partial charge is 0.359 e. The van der Waals surface area contributed by atoms with E-state index in [4.69, 9.17) is 16.7 Å². The number of nitrogens with zero attached hydrogens (tertiary/aromatic N) is 1. The second kappa shape index (κ2) is 5.63. The highest BCUT2D eigenvalue weighted by Gasteiger charge is 2.19. The molecule has 2 N–H and O–H groups in total. The Balaban J connectivity index is 1.98. The molecule has 4 nitrogen and oxygen atoms in total. The summed E-state index contributed by atoms with van der Waals surface area (Å²) in [5, 5.41) is 10.6. The molecule has 20 heavy (non-hydrogen) atoms. The molecule has 106 valence electrons. The summed E-state index contributed by atoms with van der Waals surface area (Å²) in [7, 11) is 0. The maximum Gasteiger partial charge on any atom is 0.176 e. The van der Waals surface area contributed by atoms with Crippen LogP contribution in [-0.2, 0) is 5.41 Å². The van der Waals surface area contributed by atoms with Crippen molar-refractivity contribution >= 4 is 28.8 Å². The monoisotopic (exact) mass is 289 g/mol. The summed E-state index contributed by atoms with van der Waals surface area (Å²) in [5.74, 6) is 1.43. The molecule has 1 aromatic heterocycles. The average Bonchev–Trinajstić information content (AvgIpc) is 2.80. The third-order valence-electron chi connectivity index (χ3n) is 2.80. The Kier molecular flexibility index (Phi) is 4.09. The van der Waals surface area contributed by atoms with Gasteiger partial charge in [-0.25, -0.2) is 0 Å². The Morgan fingerprint density at radius 3 is 2.35 bits per heavy atom. The smallest absolute Gasteiger partial charge is 0.176 e. The van der Waals surface area contributed by atoms with Crippen molar-refractivity contribution in [3.63, 3.8) is 0 Å². The van der Waals surface area contributed by atoms with Crippen LogP contribution in [0.4, 0.5) is 11.5 Å². The lowest BCUT2D eigenvalue weighted by Crippen LogP contribution is -2.19. The minimum Gasteiger partial charge on any atom is -0.359 e. The minimum absolute atomic E-state index is 0.0705. The molecule has 1 aromatic carbocycles. The molecular weight excluding hydrogens is 270 g/mol. The van der Waals surface area contributed by atoms with Crippen molar-refractivity contribution in [1.29, 1.82) is 0 Å². The van der Waals surface area contributed by atoms with Gasteiger partial charge in [-0.2, -0.15) is 0 Å². The van der Waals surface area contributed by atoms with Gasteiger partial charge in [0.05, 0.1) is 0 Å². The van der Waals surface area contributed by atoms with Crippen LogP contribution in [0.3, 0.4) is 0 Å². The molecule has 0 radical (unpaired) electrons. The van der Waals surface area contributed by atoms with Gasteiger partial charge in [0.1, 0.15) is 5.76 Å². The number of thiocarbonyl (C=S) groups is 1. The van der Waals surface area contributed by atoms with E-state index in [0.717, 1.165) is 11.4 Å². The van der Waals surface area contributed by atoms with Crippen molar-refractivity contribution in [2.24, 2.45) is 0 Å². The fourth-order valence-corrected chi connectivity index (χ4v) is 1.83. The van der Waals surface area contributed by atoms with Gasteiger partial charge in [-0.15, -0.1) is 0 Å². The molecule has 0 fully saturated rings. The number of aromatic nitrogens is 1. The molecule has 0 amide bonds. The number of hydrogen-bond acceptors (Lipinski definition) is 3. The molecule has 1 heterocycles. The molecule has 0 aliphatic carbocycles. The number of rotatable bonds is 2. The van der Waals surface area contributed by atoms with E-state index >= 15 is 0 Å². The topological polar surface area (TPSA) is 50.1 Å². The summed E-state index contributed by atoms with van der Waals surface area (Å²) in [6.07, 6.45) is 0. The zero-order chi connectivity index (χ0) is 14.8. The molecule has 0 spiro atoms. The van der Waals surface area contributed by atoms with Crippen molar-refractivity contribution in [3.05, 3.63) is 41.7 Å². The quantitative estimate of drug-likeness (QED) is 0.816. The number of aryl methyl sites for hydroxylation is 1. The van der Waals surface area contributed by atoms with Crippen LogP contribution in [0.5, 0.6) is 0 Å². The first-order valence-electron chi connectivity index (χ1n) is 6.46. The Bertz CT molecular complexity index is 596. The molecule has 0 atom stereocenters. The van der Waals surface area contributed by atoms with E-state index in [1.54, 1.807) is 0 Å². The van der Waals surface area contributed by atoms with E-state index in [9.17, 15) is 0 Å². The van der Waals surface area contributed by atoms with Crippen LogP contribution >= 0.6 is 12.2 Å². The zero-order valence-corrected chi connectivity index (χ0v) is 13.0. The van der Waals surface area contributed by atoms with Crippen molar-refractivity contribution in [1.82, 2.24) is 5.16 Å². The first kappa shape index (κ1) is 14.5. The first-order valence-corrected chi connectivity index (χ1v) is 6.87. The van der Waals surface area contributed by atoms with Crippen LogP contribution in [0.2, 0.25) is 0 Å². The van der Waals surface area contributed by atoms with Crippen LogP contribution in [0, 0.1) is 6.92 Å². The molecule has 2 aromatic rings. The lowest BCUT2D eigenvalue weighted by Gasteiger charge is -2.12. The highest BCUT2D eigenvalue weighted by atomic mass is 32.1. The maximum absolute atomic E-state index is 5.30. The molecule has 0 aliphatic heterocycles. The summed E-state index contributed by atoms with van der Waals surface area (Å²) in [6.45, 7) is 8.25. The van der Waals surface area contributed by atoms with Crippen LogP contribution in [0.15, 0.2) is 34.9 Å². The van der Waals surface area contributed by atoms with Crippen LogP contribution in [0.25, 0.3) is 0 Å². The van der Waals surface area contributed by atoms with Gasteiger partial charge in [0.25, 0.3) is 0 Å². The maximum atomic E-state index is 5.30. The van der Waals surface area contributed by atoms with E-state index in [0.29, 0.717) is 10.9 Å². The minimum atomic E-state index is -0.0705. The summed E-state index contributed by atoms with van der Waals surface area (Å²) < 4.78 is 5.30. The van der Waals surface area contributed by atoms with Crippen LogP contribution in [0.1, 0.15) is 32.1 Å². The molecule has 2 rings (SSSR count). The third-order valence-corrected chi connectivity index (χ3v) is 3.00. The fraction of sp³-hybridized carbons (Fsp3) is 0.333. The predicted octanol–water partition coefficient (Wildman–Crippen LogP) is 4.09. The predicted molar refractivity (Wildman–Crippen MR) is 86.2 cm³/mol. The van der Waals surface area contributed by atoms with Gasteiger partial charge >= 0.3 is 0 Å². The van der Waals surface area contributed by atoms with E-state index in [2.05, 4.69) is 36.6 Å². The van der Waals surface area contributed by atoms with E-state index < -0.39 is 0 Å². The van der Waals surface area contributed by atoms with Crippen molar-refractivity contribution in [2.75, 3.05) is 10.6 Å². The van der Waals surface area contributed by atoms with Gasteiger partial charge in [-0.3, -0.25) is 0 Å². The van der Waals surface area contributed by atoms with Gasteiger partial charge < -0.3 is 15.2 Å². The second-order valence-electron chi connectivity index (χ2n) is 5.77. The van der Waals surface area contributed by atoms with Gasteiger partial charge in [0.2, 0.25) is 0 Å². The molecular formula is C15H19N3OS. The molecule has 0 saturated carbocycles. The number of hydrogen-bond donors (Lipinski definition) is 2. The van der Waals surface area contributed by atoms with Gasteiger partial charge in [0.15, 0.2) is 10.9 Å². The first-order chi connectivity index (χ1) is 9.34. The highest BCUT2D eigenvalue weighted by Crippen LogP contribution is 2.24. The fourth-order valence-electron chi connectivity index (χ4n) is 1.60. The summed E-state index contributed by atoms with van der Waals surface area (Å²) >= 11 is 5.25. The van der Waals surface area contributed by atoms with Crippen molar-refractivity contribution in [3.8, 4) is 0 Å². The summed E-state index contributed by atoms with van der Waals surface area (Å²) in [4.78, 5) is 0. The SMILES string of the molecule is Cc1ccc(NC(=S)Nc2cc(C(C)(C)C)on2)cc1. The third kappa shape index (κ3) is 3.81. The Hall–Kier alpha value is -1.88. The van der Waals surface area contributed by atoms with Gasteiger partial charge in [-0.1, -0.05) is 43.6 Å². The molecule has 0 unspecified atom stereocenters. The molecule has 0 aliphatic rings.